The summed E-state index contributed by atoms with van der Waals surface area (Å²) in [7, 11) is 0. The van der Waals surface area contributed by atoms with Gasteiger partial charge in [0.05, 0.1) is 12.6 Å². The molecule has 0 radical (unpaired) electrons. The number of hydrogen-bond acceptors (Lipinski definition) is 6. The van der Waals surface area contributed by atoms with Crippen LogP contribution in [0.4, 0.5) is 13.2 Å². The zero-order valence-electron chi connectivity index (χ0n) is 18.1. The van der Waals surface area contributed by atoms with Crippen LogP contribution in [0.1, 0.15) is 58.9 Å². The van der Waals surface area contributed by atoms with E-state index in [0.29, 0.717) is 29.4 Å². The second-order valence-electron chi connectivity index (χ2n) is 8.16. The van der Waals surface area contributed by atoms with Crippen molar-refractivity contribution in [2.45, 2.75) is 45.3 Å². The van der Waals surface area contributed by atoms with E-state index in [9.17, 15) is 18.0 Å². The highest BCUT2D eigenvalue weighted by Gasteiger charge is 2.34. The van der Waals surface area contributed by atoms with Gasteiger partial charge in [-0.3, -0.25) is 4.79 Å². The van der Waals surface area contributed by atoms with Crippen LogP contribution in [0, 0.1) is 12.8 Å². The molecular formula is C23H23F3N4O2S. The van der Waals surface area contributed by atoms with Crippen molar-refractivity contribution >= 4 is 17.2 Å². The number of aryl methyl sites for hydroxylation is 1. The average Bonchev–Trinajstić information content (AvgIpc) is 3.18. The topological polar surface area (TPSA) is 77.0 Å². The number of rotatable bonds is 7. The molecule has 1 N–H and O–H groups in total. The number of nitrogens with zero attached hydrogens (tertiary/aromatic N) is 3. The summed E-state index contributed by atoms with van der Waals surface area (Å²) in [5, 5.41) is 3.57. The number of halogens is 3. The van der Waals surface area contributed by atoms with E-state index in [4.69, 9.17) is 4.74 Å². The predicted molar refractivity (Wildman–Crippen MR) is 118 cm³/mol. The van der Waals surface area contributed by atoms with Crippen molar-refractivity contribution < 1.29 is 22.7 Å². The van der Waals surface area contributed by atoms with E-state index in [1.807, 2.05) is 13.0 Å². The van der Waals surface area contributed by atoms with Gasteiger partial charge in [0, 0.05) is 40.2 Å². The van der Waals surface area contributed by atoms with E-state index < -0.39 is 18.0 Å². The molecule has 2 aromatic heterocycles. The third-order valence-electron chi connectivity index (χ3n) is 5.52. The highest BCUT2D eigenvalue weighted by Crippen LogP contribution is 2.32. The Morgan fingerprint density at radius 2 is 1.91 bits per heavy atom. The molecule has 1 aliphatic carbocycles. The van der Waals surface area contributed by atoms with Gasteiger partial charge in [0.2, 0.25) is 5.82 Å². The third-order valence-corrected chi connectivity index (χ3v) is 6.48. The summed E-state index contributed by atoms with van der Waals surface area (Å²) in [6.07, 6.45) is 2.80. The summed E-state index contributed by atoms with van der Waals surface area (Å²) in [5.74, 6) is -0.480. The lowest BCUT2D eigenvalue weighted by Gasteiger charge is -2.25. The molecule has 3 aromatic rings. The first-order valence-corrected chi connectivity index (χ1v) is 11.4. The smallest absolute Gasteiger partial charge is 0.451 e. The van der Waals surface area contributed by atoms with Gasteiger partial charge in [-0.2, -0.15) is 13.2 Å². The minimum absolute atomic E-state index is 0.365. The number of thiazole rings is 1. The summed E-state index contributed by atoms with van der Waals surface area (Å²) in [5.41, 5.74) is 1.52. The van der Waals surface area contributed by atoms with E-state index in [-0.39, 0.29) is 5.91 Å². The predicted octanol–water partition coefficient (Wildman–Crippen LogP) is 5.60. The highest BCUT2D eigenvalue weighted by molar-refractivity contribution is 7.14. The molecule has 2 heterocycles. The SMILES string of the molecule is Cc1cnc(-c2cc(OCC3CCC3)cc(C(=O)N[C@H](C)c3cnc(C(F)(F)F)nc3)c2)s1. The Kier molecular flexibility index (Phi) is 6.64. The van der Waals surface area contributed by atoms with E-state index in [1.165, 1.54) is 17.8 Å². The number of ether oxygens (including phenoxy) is 1. The van der Waals surface area contributed by atoms with Gasteiger partial charge >= 0.3 is 6.18 Å². The molecule has 1 fully saturated rings. The minimum Gasteiger partial charge on any atom is -0.493 e. The van der Waals surface area contributed by atoms with Crippen LogP contribution in [-0.4, -0.2) is 27.5 Å². The normalized spacial score (nSPS) is 15.1. The zero-order valence-corrected chi connectivity index (χ0v) is 19.0. The molecule has 0 aliphatic heterocycles. The Morgan fingerprint density at radius 3 is 2.48 bits per heavy atom. The molecule has 1 aliphatic rings. The van der Waals surface area contributed by atoms with E-state index in [0.717, 1.165) is 40.7 Å². The van der Waals surface area contributed by atoms with Crippen LogP contribution in [-0.2, 0) is 6.18 Å². The van der Waals surface area contributed by atoms with Gasteiger partial charge < -0.3 is 10.1 Å². The fraction of sp³-hybridized carbons (Fsp3) is 0.391. The Hall–Kier alpha value is -3.01. The van der Waals surface area contributed by atoms with Crippen LogP contribution in [0.5, 0.6) is 5.75 Å². The molecule has 1 saturated carbocycles. The third kappa shape index (κ3) is 5.68. The number of nitrogens with one attached hydrogen (secondary N) is 1. The van der Waals surface area contributed by atoms with Crippen LogP contribution < -0.4 is 10.1 Å². The van der Waals surface area contributed by atoms with Crippen molar-refractivity contribution in [1.82, 2.24) is 20.3 Å². The van der Waals surface area contributed by atoms with Crippen molar-refractivity contribution in [3.8, 4) is 16.3 Å². The lowest BCUT2D eigenvalue weighted by Crippen LogP contribution is -2.27. The van der Waals surface area contributed by atoms with Crippen molar-refractivity contribution in [2.75, 3.05) is 6.61 Å². The summed E-state index contributed by atoms with van der Waals surface area (Å²) < 4.78 is 44.1. The molecular weight excluding hydrogens is 453 g/mol. The van der Waals surface area contributed by atoms with Gasteiger partial charge in [0.15, 0.2) is 0 Å². The molecule has 1 aromatic carbocycles. The van der Waals surface area contributed by atoms with Crippen molar-refractivity contribution in [3.63, 3.8) is 0 Å². The number of alkyl halides is 3. The summed E-state index contributed by atoms with van der Waals surface area (Å²) in [6, 6.07) is 4.69. The van der Waals surface area contributed by atoms with Crippen LogP contribution in [0.2, 0.25) is 0 Å². The number of carbonyl (C=O) groups excluding carboxylic acids is 1. The maximum Gasteiger partial charge on any atom is 0.451 e. The molecule has 6 nitrogen and oxygen atoms in total. The first-order chi connectivity index (χ1) is 15.7. The van der Waals surface area contributed by atoms with Gasteiger partial charge in [0.25, 0.3) is 5.91 Å². The summed E-state index contributed by atoms with van der Waals surface area (Å²) in [6.45, 7) is 4.21. The average molecular weight is 477 g/mol. The lowest BCUT2D eigenvalue weighted by molar-refractivity contribution is -0.145. The molecule has 0 unspecified atom stereocenters. The molecule has 0 spiro atoms. The lowest BCUT2D eigenvalue weighted by atomic mass is 9.86. The molecule has 33 heavy (non-hydrogen) atoms. The number of hydrogen-bond donors (Lipinski definition) is 1. The Bertz CT molecular complexity index is 1130. The summed E-state index contributed by atoms with van der Waals surface area (Å²) in [4.78, 5) is 25.2. The van der Waals surface area contributed by atoms with E-state index >= 15 is 0 Å². The Balaban J connectivity index is 1.53. The van der Waals surface area contributed by atoms with Crippen molar-refractivity contribution in [2.24, 2.45) is 5.92 Å². The molecule has 0 saturated heterocycles. The number of carbonyl (C=O) groups is 1. The maximum absolute atomic E-state index is 13.0. The van der Waals surface area contributed by atoms with E-state index in [2.05, 4.69) is 20.3 Å². The van der Waals surface area contributed by atoms with Gasteiger partial charge in [-0.15, -0.1) is 11.3 Å². The van der Waals surface area contributed by atoms with E-state index in [1.54, 1.807) is 25.3 Å². The standard InChI is InChI=1S/C23H23F3N4O2S/c1-13-9-27-21(33-13)17-6-16(7-19(8-17)32-12-15-4-3-5-15)20(31)30-14(2)18-10-28-22(29-11-18)23(24,25)26/h6-11,14-15H,3-5,12H2,1-2H3,(H,30,31)/t14-/m1/s1. The number of benzene rings is 1. The number of aromatic nitrogens is 3. The van der Waals surface area contributed by atoms with Crippen LogP contribution >= 0.6 is 11.3 Å². The first-order valence-electron chi connectivity index (χ1n) is 10.6. The zero-order chi connectivity index (χ0) is 23.6. The fourth-order valence-corrected chi connectivity index (χ4v) is 4.12. The minimum atomic E-state index is -4.62. The second-order valence-corrected chi connectivity index (χ2v) is 9.40. The molecule has 1 amide bonds. The molecule has 4 rings (SSSR count). The first kappa shape index (κ1) is 23.2. The molecule has 0 bridgehead atoms. The summed E-state index contributed by atoms with van der Waals surface area (Å²) >= 11 is 1.52. The monoisotopic (exact) mass is 476 g/mol. The highest BCUT2D eigenvalue weighted by atomic mass is 32.1. The fourth-order valence-electron chi connectivity index (χ4n) is 3.37. The largest absolute Gasteiger partial charge is 0.493 e. The quantitative estimate of drug-likeness (QED) is 0.481. The Morgan fingerprint density at radius 1 is 1.18 bits per heavy atom. The molecule has 1 atom stereocenters. The molecule has 10 heteroatoms. The molecule has 174 valence electrons. The van der Waals surface area contributed by atoms with Crippen LogP contribution in [0.15, 0.2) is 36.8 Å². The van der Waals surface area contributed by atoms with Crippen LogP contribution in [0.25, 0.3) is 10.6 Å². The number of amides is 1. The van der Waals surface area contributed by atoms with Crippen LogP contribution in [0.3, 0.4) is 0 Å². The van der Waals surface area contributed by atoms with Gasteiger partial charge in [-0.05, 0) is 50.8 Å². The van der Waals surface area contributed by atoms with Gasteiger partial charge in [-0.25, -0.2) is 15.0 Å². The van der Waals surface area contributed by atoms with Gasteiger partial charge in [0.1, 0.15) is 10.8 Å². The van der Waals surface area contributed by atoms with Crippen molar-refractivity contribution in [3.05, 3.63) is 58.6 Å². The van der Waals surface area contributed by atoms with Crippen molar-refractivity contribution in [1.29, 1.82) is 0 Å². The van der Waals surface area contributed by atoms with Gasteiger partial charge in [-0.1, -0.05) is 6.42 Å². The maximum atomic E-state index is 13.0. The second kappa shape index (κ2) is 9.46. The Labute approximate surface area is 193 Å².